The molecule has 0 aliphatic carbocycles. The fourth-order valence-corrected chi connectivity index (χ4v) is 4.83. The molecular weight excluding hydrogens is 546 g/mol. The first-order chi connectivity index (χ1) is 20.6. The SMILES string of the molecule is CC(C)(C)C(N)C(=O)NN(Cc1ccc(-c2ccccn2)cc1)C[C@H](O)C(Cc1ccc(OCC2CCOC2)cc1)NO. The lowest BCUT2D eigenvalue weighted by Crippen LogP contribution is -2.56. The zero-order chi connectivity index (χ0) is 30.8. The number of nitrogens with zero attached hydrogens (tertiary/aromatic N) is 2. The second-order valence-corrected chi connectivity index (χ2v) is 12.3. The highest BCUT2D eigenvalue weighted by molar-refractivity contribution is 5.81. The zero-order valence-corrected chi connectivity index (χ0v) is 25.3. The molecule has 3 unspecified atom stereocenters. The van der Waals surface area contributed by atoms with Crippen molar-refractivity contribution in [2.75, 3.05) is 26.4 Å². The molecule has 10 heteroatoms. The summed E-state index contributed by atoms with van der Waals surface area (Å²) in [6, 6.07) is 19.8. The fourth-order valence-electron chi connectivity index (χ4n) is 4.83. The van der Waals surface area contributed by atoms with Crippen LogP contribution in [-0.2, 0) is 22.5 Å². The fraction of sp³-hybridized carbons (Fsp3) is 0.455. The number of amides is 1. The molecule has 232 valence electrons. The summed E-state index contributed by atoms with van der Waals surface area (Å²) in [7, 11) is 0. The van der Waals surface area contributed by atoms with E-state index in [0.29, 0.717) is 25.5 Å². The highest BCUT2D eigenvalue weighted by Gasteiger charge is 2.30. The molecule has 3 aromatic rings. The van der Waals surface area contributed by atoms with Gasteiger partial charge in [-0.1, -0.05) is 63.2 Å². The van der Waals surface area contributed by atoms with Crippen molar-refractivity contribution in [3.63, 3.8) is 0 Å². The van der Waals surface area contributed by atoms with Crippen molar-refractivity contribution in [2.45, 2.75) is 58.3 Å². The molecule has 6 N–H and O–H groups in total. The number of hydrazine groups is 1. The van der Waals surface area contributed by atoms with E-state index >= 15 is 0 Å². The van der Waals surface area contributed by atoms with Crippen LogP contribution in [0.1, 0.15) is 38.3 Å². The van der Waals surface area contributed by atoms with Gasteiger partial charge in [-0.15, -0.1) is 0 Å². The highest BCUT2D eigenvalue weighted by atomic mass is 16.5. The quantitative estimate of drug-likeness (QED) is 0.179. The van der Waals surface area contributed by atoms with Gasteiger partial charge in [0.1, 0.15) is 5.75 Å². The largest absolute Gasteiger partial charge is 0.493 e. The number of nitrogens with two attached hydrogens (primary N) is 1. The van der Waals surface area contributed by atoms with Crippen LogP contribution in [-0.4, -0.2) is 70.8 Å². The molecule has 1 saturated heterocycles. The standard InChI is InChI=1S/C33H45N5O5/c1-33(2,3)31(34)32(40)36-38(19-24-7-11-26(12-8-24)28-6-4-5-16-35-28)20-30(39)29(37-41)18-23-9-13-27(14-10-23)43-22-25-15-17-42-21-25/h4-14,16,25,29-31,37,39,41H,15,17-22,34H2,1-3H3,(H,36,40)/t25?,29?,30-,31?/m0/s1. The minimum absolute atomic E-state index is 0.0491. The summed E-state index contributed by atoms with van der Waals surface area (Å²) in [6.45, 7) is 8.20. The molecule has 0 bridgehead atoms. The van der Waals surface area contributed by atoms with Crippen molar-refractivity contribution >= 4 is 5.91 Å². The average molecular weight is 592 g/mol. The lowest BCUT2D eigenvalue weighted by molar-refractivity contribution is -0.130. The molecule has 1 aromatic heterocycles. The van der Waals surface area contributed by atoms with Crippen molar-refractivity contribution in [3.05, 3.63) is 84.1 Å². The summed E-state index contributed by atoms with van der Waals surface area (Å²) >= 11 is 0. The van der Waals surface area contributed by atoms with E-state index in [1.807, 2.05) is 87.5 Å². The number of aliphatic hydroxyl groups is 1. The van der Waals surface area contributed by atoms with Gasteiger partial charge in [0, 0.05) is 37.4 Å². The van der Waals surface area contributed by atoms with Gasteiger partial charge in [0.2, 0.25) is 0 Å². The first kappa shape index (κ1) is 32.5. The van der Waals surface area contributed by atoms with Crippen molar-refractivity contribution in [2.24, 2.45) is 17.1 Å². The van der Waals surface area contributed by atoms with Gasteiger partial charge in [0.05, 0.1) is 37.1 Å². The van der Waals surface area contributed by atoms with Crippen LogP contribution in [0.3, 0.4) is 0 Å². The lowest BCUT2D eigenvalue weighted by atomic mass is 9.87. The highest BCUT2D eigenvalue weighted by Crippen LogP contribution is 2.21. The summed E-state index contributed by atoms with van der Waals surface area (Å²) < 4.78 is 11.3. The van der Waals surface area contributed by atoms with Gasteiger partial charge in [-0.3, -0.25) is 15.2 Å². The second kappa shape index (κ2) is 15.4. The molecule has 1 aliphatic rings. The maximum Gasteiger partial charge on any atom is 0.251 e. The number of ether oxygens (including phenoxy) is 2. The topological polar surface area (TPSA) is 142 Å². The summed E-state index contributed by atoms with van der Waals surface area (Å²) in [5.74, 6) is 0.832. The maximum atomic E-state index is 13.1. The second-order valence-electron chi connectivity index (χ2n) is 12.3. The number of aromatic nitrogens is 1. The van der Waals surface area contributed by atoms with E-state index < -0.39 is 23.6 Å². The van der Waals surface area contributed by atoms with E-state index in [1.54, 1.807) is 11.2 Å². The molecule has 1 aliphatic heterocycles. The number of benzene rings is 2. The molecule has 0 radical (unpaired) electrons. The number of hydroxylamine groups is 1. The van der Waals surface area contributed by atoms with E-state index in [-0.39, 0.29) is 12.5 Å². The van der Waals surface area contributed by atoms with E-state index in [0.717, 1.165) is 47.8 Å². The Kier molecular flexibility index (Phi) is 11.6. The normalized spacial score (nSPS) is 17.4. The van der Waals surface area contributed by atoms with E-state index in [4.69, 9.17) is 15.2 Å². The van der Waals surface area contributed by atoms with Gasteiger partial charge in [0.15, 0.2) is 0 Å². The van der Waals surface area contributed by atoms with E-state index in [1.165, 1.54) is 0 Å². The van der Waals surface area contributed by atoms with Crippen molar-refractivity contribution in [3.8, 4) is 17.0 Å². The molecule has 2 heterocycles. The van der Waals surface area contributed by atoms with Gasteiger partial charge in [-0.25, -0.2) is 5.01 Å². The molecular formula is C33H45N5O5. The zero-order valence-electron chi connectivity index (χ0n) is 25.3. The number of nitrogens with one attached hydrogen (secondary N) is 2. The van der Waals surface area contributed by atoms with Gasteiger partial charge in [-0.05, 0) is 53.6 Å². The number of aliphatic hydroxyl groups excluding tert-OH is 1. The third-order valence-electron chi connectivity index (χ3n) is 7.70. The third kappa shape index (κ3) is 9.82. The van der Waals surface area contributed by atoms with Crippen LogP contribution in [0.5, 0.6) is 5.75 Å². The number of hydrogen-bond donors (Lipinski definition) is 5. The predicted molar refractivity (Wildman–Crippen MR) is 165 cm³/mol. The molecule has 2 aromatic carbocycles. The Morgan fingerprint density at radius 3 is 2.44 bits per heavy atom. The van der Waals surface area contributed by atoms with Crippen LogP contribution >= 0.6 is 0 Å². The molecule has 10 nitrogen and oxygen atoms in total. The Morgan fingerprint density at radius 1 is 1.12 bits per heavy atom. The minimum atomic E-state index is -1.03. The van der Waals surface area contributed by atoms with Crippen molar-refractivity contribution in [1.82, 2.24) is 20.9 Å². The monoisotopic (exact) mass is 591 g/mol. The number of rotatable bonds is 14. The molecule has 0 saturated carbocycles. The van der Waals surface area contributed by atoms with Gasteiger partial charge in [0.25, 0.3) is 5.91 Å². The summed E-state index contributed by atoms with van der Waals surface area (Å²) in [5.41, 5.74) is 14.6. The predicted octanol–water partition coefficient (Wildman–Crippen LogP) is 3.32. The third-order valence-corrected chi connectivity index (χ3v) is 7.70. The summed E-state index contributed by atoms with van der Waals surface area (Å²) in [4.78, 5) is 17.5. The van der Waals surface area contributed by atoms with Crippen molar-refractivity contribution < 1.29 is 24.6 Å². The van der Waals surface area contributed by atoms with Gasteiger partial charge >= 0.3 is 0 Å². The number of pyridine rings is 1. The van der Waals surface area contributed by atoms with Crippen LogP contribution < -0.4 is 21.4 Å². The molecule has 43 heavy (non-hydrogen) atoms. The molecule has 1 amide bonds. The first-order valence-electron chi connectivity index (χ1n) is 14.8. The van der Waals surface area contributed by atoms with Crippen LogP contribution in [0.2, 0.25) is 0 Å². The molecule has 1 fully saturated rings. The Morgan fingerprint density at radius 2 is 1.84 bits per heavy atom. The molecule has 0 spiro atoms. The lowest BCUT2D eigenvalue weighted by Gasteiger charge is -2.32. The average Bonchev–Trinajstić information content (AvgIpc) is 3.53. The van der Waals surface area contributed by atoms with E-state index in [2.05, 4.69) is 15.9 Å². The van der Waals surface area contributed by atoms with Crippen LogP contribution in [0.25, 0.3) is 11.3 Å². The van der Waals surface area contributed by atoms with Crippen LogP contribution in [0.4, 0.5) is 0 Å². The van der Waals surface area contributed by atoms with Crippen LogP contribution in [0, 0.1) is 11.3 Å². The van der Waals surface area contributed by atoms with Gasteiger partial charge < -0.3 is 25.5 Å². The first-order valence-corrected chi connectivity index (χ1v) is 14.8. The Hall–Kier alpha value is -3.38. The van der Waals surface area contributed by atoms with Crippen LogP contribution in [0.15, 0.2) is 72.9 Å². The number of carbonyl (C=O) groups is 1. The van der Waals surface area contributed by atoms with Gasteiger partial charge in [-0.2, -0.15) is 5.48 Å². The Bertz CT molecular complexity index is 1260. The maximum absolute atomic E-state index is 13.1. The smallest absolute Gasteiger partial charge is 0.251 e. The summed E-state index contributed by atoms with van der Waals surface area (Å²) in [5, 5.41) is 22.8. The Balaban J connectivity index is 1.41. The molecule has 4 atom stereocenters. The molecule has 4 rings (SSSR count). The van der Waals surface area contributed by atoms with E-state index in [9.17, 15) is 15.1 Å². The minimum Gasteiger partial charge on any atom is -0.493 e. The number of hydrogen-bond acceptors (Lipinski definition) is 9. The van der Waals surface area contributed by atoms with Crippen molar-refractivity contribution in [1.29, 1.82) is 0 Å². The Labute approximate surface area is 254 Å². The number of carbonyl (C=O) groups excluding carboxylic acids is 1. The summed E-state index contributed by atoms with van der Waals surface area (Å²) in [6.07, 6.45) is 2.09.